The molecule has 0 bridgehead atoms. The third kappa shape index (κ3) is 6.87. The zero-order valence-electron chi connectivity index (χ0n) is 18.6. The minimum absolute atomic E-state index is 0. The van der Waals surface area contributed by atoms with Crippen LogP contribution in [0.1, 0.15) is 24.2 Å². The maximum atomic E-state index is 13.0. The predicted molar refractivity (Wildman–Crippen MR) is 134 cm³/mol. The molecular weight excluding hydrogens is 538 g/mol. The quantitative estimate of drug-likeness (QED) is 0.277. The van der Waals surface area contributed by atoms with E-state index in [4.69, 9.17) is 14.5 Å². The molecule has 1 fully saturated rings. The van der Waals surface area contributed by atoms with Crippen LogP contribution in [0.15, 0.2) is 60.0 Å². The summed E-state index contributed by atoms with van der Waals surface area (Å²) >= 11 is 0. The Morgan fingerprint density at radius 3 is 2.73 bits per heavy atom. The number of nitrogens with zero attached hydrogens (tertiary/aromatic N) is 5. The monoisotopic (exact) mass is 566 g/mol. The number of aromatic nitrogens is 3. The van der Waals surface area contributed by atoms with Crippen molar-refractivity contribution in [3.05, 3.63) is 71.9 Å². The van der Waals surface area contributed by atoms with Crippen molar-refractivity contribution in [2.24, 2.45) is 12.0 Å². The summed E-state index contributed by atoms with van der Waals surface area (Å²) in [5.74, 6) is 1.52. The van der Waals surface area contributed by atoms with Crippen molar-refractivity contribution in [1.82, 2.24) is 25.0 Å². The molecule has 10 heteroatoms. The second kappa shape index (κ2) is 11.9. The van der Waals surface area contributed by atoms with Crippen LogP contribution in [0, 0.1) is 5.82 Å². The minimum Gasteiger partial charge on any atom is -0.439 e. The number of guanidine groups is 1. The van der Waals surface area contributed by atoms with E-state index in [1.165, 1.54) is 12.1 Å². The molecule has 2 aromatic heterocycles. The van der Waals surface area contributed by atoms with Crippen molar-refractivity contribution >= 4 is 29.9 Å². The van der Waals surface area contributed by atoms with Crippen molar-refractivity contribution in [2.75, 3.05) is 26.2 Å². The topological polar surface area (TPSA) is 76.8 Å². The predicted octanol–water partition coefficient (Wildman–Crippen LogP) is 3.90. The second-order valence-corrected chi connectivity index (χ2v) is 7.48. The van der Waals surface area contributed by atoms with E-state index < -0.39 is 0 Å². The highest BCUT2D eigenvalue weighted by Gasteiger charge is 2.25. The lowest BCUT2D eigenvalue weighted by atomic mass is 10.1. The van der Waals surface area contributed by atoms with Gasteiger partial charge in [0.25, 0.3) is 0 Å². The van der Waals surface area contributed by atoms with Crippen molar-refractivity contribution in [2.45, 2.75) is 19.6 Å². The first kappa shape index (κ1) is 24.9. The van der Waals surface area contributed by atoms with Gasteiger partial charge in [0.05, 0.1) is 25.9 Å². The first-order valence-electron chi connectivity index (χ1n) is 10.6. The third-order valence-electron chi connectivity index (χ3n) is 5.04. The highest BCUT2D eigenvalue weighted by molar-refractivity contribution is 14.0. The molecule has 8 nitrogen and oxygen atoms in total. The van der Waals surface area contributed by atoms with E-state index in [9.17, 15) is 4.39 Å². The zero-order chi connectivity index (χ0) is 22.3. The molecule has 0 radical (unpaired) electrons. The van der Waals surface area contributed by atoms with Crippen LogP contribution in [0.4, 0.5) is 4.39 Å². The number of aryl methyl sites for hydroxylation is 1. The summed E-state index contributed by atoms with van der Waals surface area (Å²) in [6, 6.07) is 9.55. The van der Waals surface area contributed by atoms with Crippen LogP contribution in [0.5, 0.6) is 11.6 Å². The second-order valence-electron chi connectivity index (χ2n) is 7.48. The molecule has 1 N–H and O–H groups in total. The fourth-order valence-electron chi connectivity index (χ4n) is 3.43. The first-order valence-corrected chi connectivity index (χ1v) is 10.6. The van der Waals surface area contributed by atoms with Gasteiger partial charge in [0, 0.05) is 44.2 Å². The number of rotatable bonds is 6. The third-order valence-corrected chi connectivity index (χ3v) is 5.04. The van der Waals surface area contributed by atoms with Gasteiger partial charge in [-0.15, -0.1) is 24.0 Å². The van der Waals surface area contributed by atoms with E-state index in [0.717, 1.165) is 30.2 Å². The number of ether oxygens (including phenoxy) is 2. The van der Waals surface area contributed by atoms with Gasteiger partial charge in [0.1, 0.15) is 17.7 Å². The van der Waals surface area contributed by atoms with E-state index in [1.807, 2.05) is 25.5 Å². The molecule has 3 heterocycles. The molecule has 176 valence electrons. The van der Waals surface area contributed by atoms with E-state index in [2.05, 4.69) is 27.2 Å². The van der Waals surface area contributed by atoms with Crippen molar-refractivity contribution in [3.8, 4) is 11.6 Å². The molecule has 1 aliphatic heterocycles. The van der Waals surface area contributed by atoms with Crippen molar-refractivity contribution in [1.29, 1.82) is 0 Å². The fraction of sp³-hybridized carbons (Fsp3) is 0.348. The summed E-state index contributed by atoms with van der Waals surface area (Å²) < 4.78 is 26.4. The summed E-state index contributed by atoms with van der Waals surface area (Å²) in [4.78, 5) is 11.3. The molecule has 0 aliphatic carbocycles. The number of halogens is 2. The number of morpholine rings is 1. The minimum atomic E-state index is -0.304. The Morgan fingerprint density at radius 2 is 2.06 bits per heavy atom. The van der Waals surface area contributed by atoms with Gasteiger partial charge in [-0.05, 0) is 36.8 Å². The van der Waals surface area contributed by atoms with Gasteiger partial charge in [-0.25, -0.2) is 14.4 Å². The van der Waals surface area contributed by atoms with E-state index in [0.29, 0.717) is 31.3 Å². The largest absolute Gasteiger partial charge is 0.439 e. The molecule has 1 aliphatic rings. The molecule has 1 aromatic carbocycles. The standard InChI is InChI=1S/C23H27FN6O2.HI/c1-3-25-23(30-10-11-31-21(16-30)18-14-28-29(2)15-18)27-13-17-4-9-22(26-12-17)32-20-7-5-19(24)6-8-20;/h4-9,12,14-15,21H,3,10-11,13,16H2,1-2H3,(H,25,27);1H. The Bertz CT molecular complexity index is 1040. The van der Waals surface area contributed by atoms with Gasteiger partial charge < -0.3 is 19.7 Å². The highest BCUT2D eigenvalue weighted by Crippen LogP contribution is 2.22. The van der Waals surface area contributed by atoms with Crippen LogP contribution >= 0.6 is 24.0 Å². The van der Waals surface area contributed by atoms with E-state index in [-0.39, 0.29) is 35.9 Å². The molecule has 3 aromatic rings. The average molecular weight is 566 g/mol. The number of hydrogen-bond acceptors (Lipinski definition) is 5. The maximum Gasteiger partial charge on any atom is 0.219 e. The summed E-state index contributed by atoms with van der Waals surface area (Å²) in [5.41, 5.74) is 2.03. The molecule has 33 heavy (non-hydrogen) atoms. The molecule has 1 saturated heterocycles. The van der Waals surface area contributed by atoms with Crippen LogP contribution in [0.3, 0.4) is 0 Å². The SMILES string of the molecule is CCNC(=NCc1ccc(Oc2ccc(F)cc2)nc1)N1CCOC(c2cnn(C)c2)C1.I. The Balaban J connectivity index is 0.00000306. The summed E-state index contributed by atoms with van der Waals surface area (Å²) in [6.07, 6.45) is 5.54. The van der Waals surface area contributed by atoms with Crippen LogP contribution < -0.4 is 10.1 Å². The van der Waals surface area contributed by atoms with Crippen LogP contribution in [0.25, 0.3) is 0 Å². The van der Waals surface area contributed by atoms with Gasteiger partial charge >= 0.3 is 0 Å². The van der Waals surface area contributed by atoms with Gasteiger partial charge in [-0.3, -0.25) is 4.68 Å². The van der Waals surface area contributed by atoms with Gasteiger partial charge in [-0.2, -0.15) is 5.10 Å². The van der Waals surface area contributed by atoms with Crippen LogP contribution in [-0.4, -0.2) is 51.9 Å². The Kier molecular flexibility index (Phi) is 9.01. The molecular formula is C23H28FIN6O2. The van der Waals surface area contributed by atoms with Gasteiger partial charge in [-0.1, -0.05) is 6.07 Å². The smallest absolute Gasteiger partial charge is 0.219 e. The molecule has 0 spiro atoms. The van der Waals surface area contributed by atoms with E-state index in [1.54, 1.807) is 29.1 Å². The van der Waals surface area contributed by atoms with E-state index >= 15 is 0 Å². The number of aliphatic imine (C=N–C) groups is 1. The number of benzene rings is 1. The van der Waals surface area contributed by atoms with Crippen LogP contribution in [-0.2, 0) is 18.3 Å². The molecule has 0 saturated carbocycles. The average Bonchev–Trinajstić information content (AvgIpc) is 3.25. The summed E-state index contributed by atoms with van der Waals surface area (Å²) in [5, 5.41) is 7.62. The first-order chi connectivity index (χ1) is 15.6. The highest BCUT2D eigenvalue weighted by atomic mass is 127. The van der Waals surface area contributed by atoms with Crippen molar-refractivity contribution in [3.63, 3.8) is 0 Å². The lowest BCUT2D eigenvalue weighted by Crippen LogP contribution is -2.48. The number of nitrogens with one attached hydrogen (secondary N) is 1. The Labute approximate surface area is 209 Å². The summed E-state index contributed by atoms with van der Waals surface area (Å²) in [7, 11) is 1.90. The zero-order valence-corrected chi connectivity index (χ0v) is 21.0. The Hall–Kier alpha value is -2.73. The maximum absolute atomic E-state index is 13.0. The summed E-state index contributed by atoms with van der Waals surface area (Å²) in [6.45, 7) is 5.42. The normalized spacial score (nSPS) is 16.3. The molecule has 1 unspecified atom stereocenters. The number of hydrogen-bond donors (Lipinski definition) is 1. The van der Waals surface area contributed by atoms with Gasteiger partial charge in [0.2, 0.25) is 5.88 Å². The molecule has 1 atom stereocenters. The number of pyridine rings is 1. The molecule has 4 rings (SSSR count). The van der Waals surface area contributed by atoms with Gasteiger partial charge in [0.15, 0.2) is 5.96 Å². The van der Waals surface area contributed by atoms with Crippen LogP contribution in [0.2, 0.25) is 0 Å². The fourth-order valence-corrected chi connectivity index (χ4v) is 3.43. The van der Waals surface area contributed by atoms with Crippen molar-refractivity contribution < 1.29 is 13.9 Å². The lowest BCUT2D eigenvalue weighted by molar-refractivity contribution is -0.00805. The molecule has 0 amide bonds. The Morgan fingerprint density at radius 1 is 1.24 bits per heavy atom. The lowest BCUT2D eigenvalue weighted by Gasteiger charge is -2.34.